The zero-order valence-corrected chi connectivity index (χ0v) is 10.7. The van der Waals surface area contributed by atoms with Crippen molar-refractivity contribution in [2.75, 3.05) is 0 Å². The maximum Gasteiger partial charge on any atom is 0.177 e. The van der Waals surface area contributed by atoms with Gasteiger partial charge in [-0.25, -0.2) is 0 Å². The van der Waals surface area contributed by atoms with Crippen LogP contribution in [0.4, 0.5) is 0 Å². The van der Waals surface area contributed by atoms with Gasteiger partial charge in [-0.1, -0.05) is 28.9 Å². The molecule has 1 rings (SSSR count). The van der Waals surface area contributed by atoms with Crippen molar-refractivity contribution in [3.8, 4) is 0 Å². The van der Waals surface area contributed by atoms with Crippen molar-refractivity contribution in [2.45, 2.75) is 30.0 Å². The zero-order valence-electron chi connectivity index (χ0n) is 8.25. The van der Waals surface area contributed by atoms with E-state index in [9.17, 15) is 4.79 Å². The van der Waals surface area contributed by atoms with Crippen molar-refractivity contribution in [3.63, 3.8) is 0 Å². The molecular weight excluding hydrogens is 260 g/mol. The van der Waals surface area contributed by atoms with Crippen LogP contribution < -0.4 is 0 Å². The number of ketones is 1. The first kappa shape index (κ1) is 11.8. The SMILES string of the molecule is CCc1ccc(C(=O)C(C)Br)c(S)c1. The predicted octanol–water partition coefficient (Wildman–Crippen LogP) is 3.50. The minimum Gasteiger partial charge on any atom is -0.293 e. The zero-order chi connectivity index (χ0) is 10.7. The van der Waals surface area contributed by atoms with E-state index in [2.05, 4.69) is 35.5 Å². The van der Waals surface area contributed by atoms with Gasteiger partial charge in [-0.2, -0.15) is 0 Å². The van der Waals surface area contributed by atoms with Gasteiger partial charge >= 0.3 is 0 Å². The van der Waals surface area contributed by atoms with Crippen LogP contribution in [0.15, 0.2) is 23.1 Å². The monoisotopic (exact) mass is 272 g/mol. The summed E-state index contributed by atoms with van der Waals surface area (Å²) in [7, 11) is 0. The van der Waals surface area contributed by atoms with Crippen LogP contribution >= 0.6 is 28.6 Å². The van der Waals surface area contributed by atoms with E-state index in [0.29, 0.717) is 5.56 Å². The van der Waals surface area contributed by atoms with Crippen LogP contribution in [0.5, 0.6) is 0 Å². The Bertz CT molecular complexity index is 347. The number of alkyl halides is 1. The lowest BCUT2D eigenvalue weighted by atomic mass is 10.1. The number of thiol groups is 1. The van der Waals surface area contributed by atoms with Crippen molar-refractivity contribution >= 4 is 34.3 Å². The van der Waals surface area contributed by atoms with Gasteiger partial charge in [0.2, 0.25) is 0 Å². The molecule has 0 spiro atoms. The van der Waals surface area contributed by atoms with Gasteiger partial charge in [0.25, 0.3) is 0 Å². The fraction of sp³-hybridized carbons (Fsp3) is 0.364. The number of halogens is 1. The molecule has 3 heteroatoms. The predicted molar refractivity (Wildman–Crippen MR) is 65.8 cm³/mol. The first-order valence-corrected chi connectivity index (χ1v) is 5.92. The molecule has 14 heavy (non-hydrogen) atoms. The molecule has 0 amide bonds. The molecule has 0 fully saturated rings. The highest BCUT2D eigenvalue weighted by molar-refractivity contribution is 9.10. The third kappa shape index (κ3) is 2.61. The Kier molecular flexibility index (Phi) is 4.20. The van der Waals surface area contributed by atoms with Gasteiger partial charge in [0, 0.05) is 10.5 Å². The Morgan fingerprint density at radius 1 is 1.57 bits per heavy atom. The van der Waals surface area contributed by atoms with Crippen LogP contribution in [0.2, 0.25) is 0 Å². The first-order valence-electron chi connectivity index (χ1n) is 4.56. The lowest BCUT2D eigenvalue weighted by Crippen LogP contribution is -2.10. The van der Waals surface area contributed by atoms with E-state index in [1.165, 1.54) is 5.56 Å². The summed E-state index contributed by atoms with van der Waals surface area (Å²) in [5.41, 5.74) is 1.89. The van der Waals surface area contributed by atoms with E-state index in [1.807, 2.05) is 25.1 Å². The summed E-state index contributed by atoms with van der Waals surface area (Å²) in [5, 5.41) is 0. The number of carbonyl (C=O) groups is 1. The van der Waals surface area contributed by atoms with Crippen LogP contribution in [0, 0.1) is 0 Å². The molecule has 0 aromatic heterocycles. The van der Waals surface area contributed by atoms with E-state index < -0.39 is 0 Å². The number of aryl methyl sites for hydroxylation is 1. The second-order valence-corrected chi connectivity index (χ2v) is 5.04. The van der Waals surface area contributed by atoms with E-state index in [4.69, 9.17) is 0 Å². The normalized spacial score (nSPS) is 12.6. The van der Waals surface area contributed by atoms with Crippen LogP contribution in [-0.2, 0) is 6.42 Å². The summed E-state index contributed by atoms with van der Waals surface area (Å²) >= 11 is 7.58. The number of Topliss-reactive ketones (excluding diaryl/α,β-unsaturated/α-hetero) is 1. The van der Waals surface area contributed by atoms with E-state index in [1.54, 1.807) is 0 Å². The summed E-state index contributed by atoms with van der Waals surface area (Å²) in [6, 6.07) is 5.77. The molecule has 0 aliphatic rings. The van der Waals surface area contributed by atoms with Crippen molar-refractivity contribution in [1.29, 1.82) is 0 Å². The third-order valence-corrected chi connectivity index (χ3v) is 2.88. The Morgan fingerprint density at radius 3 is 2.64 bits per heavy atom. The maximum absolute atomic E-state index is 11.7. The lowest BCUT2D eigenvalue weighted by molar-refractivity contribution is 0.0993. The lowest BCUT2D eigenvalue weighted by Gasteiger charge is -2.07. The second kappa shape index (κ2) is 4.99. The molecule has 1 aromatic carbocycles. The molecule has 0 bridgehead atoms. The Hall–Kier alpha value is -0.280. The van der Waals surface area contributed by atoms with Gasteiger partial charge < -0.3 is 0 Å². The van der Waals surface area contributed by atoms with Gasteiger partial charge in [-0.05, 0) is 31.0 Å². The number of benzene rings is 1. The smallest absolute Gasteiger partial charge is 0.177 e. The number of hydrogen-bond donors (Lipinski definition) is 1. The molecule has 0 radical (unpaired) electrons. The fourth-order valence-corrected chi connectivity index (χ4v) is 1.82. The Morgan fingerprint density at radius 2 is 2.21 bits per heavy atom. The summed E-state index contributed by atoms with van der Waals surface area (Å²) < 4.78 is 0. The molecule has 1 aromatic rings. The molecular formula is C11H13BrOS. The average Bonchev–Trinajstić information content (AvgIpc) is 2.16. The maximum atomic E-state index is 11.7. The van der Waals surface area contributed by atoms with Crippen molar-refractivity contribution in [3.05, 3.63) is 29.3 Å². The molecule has 0 saturated carbocycles. The van der Waals surface area contributed by atoms with E-state index in [0.717, 1.165) is 11.3 Å². The average molecular weight is 273 g/mol. The molecule has 1 nitrogen and oxygen atoms in total. The highest BCUT2D eigenvalue weighted by atomic mass is 79.9. The van der Waals surface area contributed by atoms with Gasteiger partial charge in [-0.15, -0.1) is 12.6 Å². The summed E-state index contributed by atoms with van der Waals surface area (Å²) in [5.74, 6) is 0.0812. The number of rotatable bonds is 3. The van der Waals surface area contributed by atoms with Crippen molar-refractivity contribution < 1.29 is 4.79 Å². The van der Waals surface area contributed by atoms with Gasteiger partial charge in [-0.3, -0.25) is 4.79 Å². The van der Waals surface area contributed by atoms with Crippen LogP contribution in [0.3, 0.4) is 0 Å². The van der Waals surface area contributed by atoms with Gasteiger partial charge in [0.1, 0.15) is 0 Å². The van der Waals surface area contributed by atoms with Crippen LogP contribution in [0.1, 0.15) is 29.8 Å². The molecule has 1 unspecified atom stereocenters. The molecule has 0 aliphatic heterocycles. The standard InChI is InChI=1S/C11H13BrOS/c1-3-8-4-5-9(10(14)6-8)11(13)7(2)12/h4-7,14H,3H2,1-2H3. The number of carbonyl (C=O) groups excluding carboxylic acids is 1. The first-order chi connectivity index (χ1) is 6.56. The second-order valence-electron chi connectivity index (χ2n) is 3.19. The minimum absolute atomic E-state index is 0.0812. The molecule has 0 N–H and O–H groups in total. The molecule has 0 heterocycles. The summed E-state index contributed by atoms with van der Waals surface area (Å²) in [6.07, 6.45) is 0.964. The van der Waals surface area contributed by atoms with E-state index in [-0.39, 0.29) is 10.6 Å². The Labute approximate surface area is 98.4 Å². The topological polar surface area (TPSA) is 17.1 Å². The third-order valence-electron chi connectivity index (χ3n) is 2.10. The summed E-state index contributed by atoms with van der Waals surface area (Å²) in [6.45, 7) is 3.90. The molecule has 1 atom stereocenters. The quantitative estimate of drug-likeness (QED) is 0.506. The van der Waals surface area contributed by atoms with Gasteiger partial charge in [0.05, 0.1) is 4.83 Å². The Balaban J connectivity index is 3.06. The van der Waals surface area contributed by atoms with Crippen molar-refractivity contribution in [1.82, 2.24) is 0 Å². The van der Waals surface area contributed by atoms with E-state index >= 15 is 0 Å². The number of hydrogen-bond acceptors (Lipinski definition) is 2. The van der Waals surface area contributed by atoms with Crippen molar-refractivity contribution in [2.24, 2.45) is 0 Å². The minimum atomic E-state index is -0.152. The highest BCUT2D eigenvalue weighted by Gasteiger charge is 2.14. The van der Waals surface area contributed by atoms with Crippen LogP contribution in [-0.4, -0.2) is 10.6 Å². The largest absolute Gasteiger partial charge is 0.293 e. The summed E-state index contributed by atoms with van der Waals surface area (Å²) in [4.78, 5) is 12.3. The molecule has 0 aliphatic carbocycles. The fourth-order valence-electron chi connectivity index (χ4n) is 1.22. The van der Waals surface area contributed by atoms with Gasteiger partial charge in [0.15, 0.2) is 5.78 Å². The highest BCUT2D eigenvalue weighted by Crippen LogP contribution is 2.20. The molecule has 76 valence electrons. The van der Waals surface area contributed by atoms with Crippen LogP contribution in [0.25, 0.3) is 0 Å². The molecule has 0 saturated heterocycles.